The minimum atomic E-state index is -1.65. The zero-order chi connectivity index (χ0) is 28.9. The summed E-state index contributed by atoms with van der Waals surface area (Å²) in [7, 11) is 0. The Morgan fingerprint density at radius 1 is 0.925 bits per heavy atom. The van der Waals surface area contributed by atoms with Crippen LogP contribution in [0.4, 0.5) is 5.69 Å². The molecule has 2 atom stereocenters. The van der Waals surface area contributed by atoms with Gasteiger partial charge in [0.2, 0.25) is 5.91 Å². The molecule has 206 valence electrons. The van der Waals surface area contributed by atoms with Crippen LogP contribution < -0.4 is 16.0 Å². The maximum absolute atomic E-state index is 14.5. The number of carbonyl (C=O) groups is 4. The Morgan fingerprint density at radius 3 is 2.10 bits per heavy atom. The number of amides is 3. The quantitative estimate of drug-likeness (QED) is 0.225. The maximum Gasteiger partial charge on any atom is 0.303 e. The number of primary amides is 1. The molecule has 3 amide bonds. The van der Waals surface area contributed by atoms with Gasteiger partial charge >= 0.3 is 5.97 Å². The topological polar surface area (TPSA) is 146 Å². The first-order chi connectivity index (χ1) is 19.2. The fourth-order valence-electron chi connectivity index (χ4n) is 5.14. The van der Waals surface area contributed by atoms with Gasteiger partial charge in [0.25, 0.3) is 11.8 Å². The van der Waals surface area contributed by atoms with Crippen molar-refractivity contribution in [2.45, 2.75) is 38.3 Å². The summed E-state index contributed by atoms with van der Waals surface area (Å²) in [5.74, 6) is -3.63. The molecule has 0 aliphatic carbocycles. The molecule has 9 nitrogen and oxygen atoms in total. The van der Waals surface area contributed by atoms with Gasteiger partial charge in [-0.15, -0.1) is 0 Å². The molecule has 0 aliphatic heterocycles. The summed E-state index contributed by atoms with van der Waals surface area (Å²) < 4.78 is 0. The van der Waals surface area contributed by atoms with E-state index in [4.69, 9.17) is 5.73 Å². The van der Waals surface area contributed by atoms with Crippen LogP contribution in [0.5, 0.6) is 0 Å². The predicted octanol–water partition coefficient (Wildman–Crippen LogP) is 4.20. The molecule has 4 aromatic rings. The van der Waals surface area contributed by atoms with Crippen LogP contribution in [0.3, 0.4) is 0 Å². The Kier molecular flexibility index (Phi) is 8.33. The molecule has 1 aromatic heterocycles. The zero-order valence-electron chi connectivity index (χ0n) is 22.3. The number of nitrogens with two attached hydrogens (primary N) is 1. The van der Waals surface area contributed by atoms with E-state index in [1.165, 1.54) is 4.90 Å². The van der Waals surface area contributed by atoms with Crippen LogP contribution in [-0.2, 0) is 19.9 Å². The van der Waals surface area contributed by atoms with Crippen molar-refractivity contribution in [3.63, 3.8) is 0 Å². The van der Waals surface area contributed by atoms with Crippen molar-refractivity contribution in [1.82, 2.24) is 10.3 Å². The second-order valence-electron chi connectivity index (χ2n) is 9.89. The van der Waals surface area contributed by atoms with Gasteiger partial charge in [-0.25, -0.2) is 0 Å². The summed E-state index contributed by atoms with van der Waals surface area (Å²) in [5.41, 5.74) is 6.30. The van der Waals surface area contributed by atoms with Crippen LogP contribution in [0.25, 0.3) is 10.9 Å². The second kappa shape index (κ2) is 11.9. The maximum atomic E-state index is 14.5. The number of anilines is 1. The number of H-pyrrole nitrogens is 1. The van der Waals surface area contributed by atoms with Crippen LogP contribution in [0.15, 0.2) is 91.0 Å². The molecule has 5 N–H and O–H groups in total. The number of carboxylic acids is 1. The van der Waals surface area contributed by atoms with Crippen molar-refractivity contribution in [1.29, 1.82) is 0 Å². The van der Waals surface area contributed by atoms with Gasteiger partial charge in [0.05, 0.1) is 0 Å². The van der Waals surface area contributed by atoms with Crippen LogP contribution in [0.2, 0.25) is 0 Å². The Hall–Kier alpha value is -4.92. The third-order valence-electron chi connectivity index (χ3n) is 7.04. The number of nitrogens with zero attached hydrogens (tertiary/aromatic N) is 1. The fraction of sp³-hybridized carbons (Fsp3) is 0.226. The van der Waals surface area contributed by atoms with Gasteiger partial charge in [-0.05, 0) is 42.2 Å². The second-order valence-corrected chi connectivity index (χ2v) is 9.89. The van der Waals surface area contributed by atoms with Crippen molar-refractivity contribution in [2.24, 2.45) is 11.7 Å². The summed E-state index contributed by atoms with van der Waals surface area (Å²) in [6, 6.07) is 25.0. The molecule has 9 heteroatoms. The van der Waals surface area contributed by atoms with Crippen molar-refractivity contribution < 1.29 is 24.3 Å². The fourth-order valence-corrected chi connectivity index (χ4v) is 5.14. The minimum absolute atomic E-state index is 0.203. The van der Waals surface area contributed by atoms with Gasteiger partial charge in [-0.1, -0.05) is 80.6 Å². The summed E-state index contributed by atoms with van der Waals surface area (Å²) >= 11 is 0. The number of para-hydroxylation sites is 2. The molecule has 1 heterocycles. The van der Waals surface area contributed by atoms with Crippen molar-refractivity contribution in [2.75, 3.05) is 4.90 Å². The molecule has 0 bridgehead atoms. The minimum Gasteiger partial charge on any atom is -0.481 e. The average molecular weight is 541 g/mol. The first-order valence-electron chi connectivity index (χ1n) is 13.0. The number of benzene rings is 3. The van der Waals surface area contributed by atoms with E-state index in [1.54, 1.807) is 80.6 Å². The van der Waals surface area contributed by atoms with Crippen LogP contribution in [0, 0.1) is 5.92 Å². The number of carbonyl (C=O) groups excluding carboxylic acids is 3. The molecule has 0 spiro atoms. The van der Waals surface area contributed by atoms with Crippen molar-refractivity contribution >= 4 is 40.3 Å². The lowest BCUT2D eigenvalue weighted by Crippen LogP contribution is -2.64. The highest BCUT2D eigenvalue weighted by molar-refractivity contribution is 6.08. The highest BCUT2D eigenvalue weighted by atomic mass is 16.4. The standard InChI is InChI=1S/C31H32N4O5/c1-20(2)31(30(32)40,22-12-5-3-6-13-22)35(23-14-7-4-8-15-23)29(39)25(17-18-27(36)37)34-28(38)26-19-21-11-9-10-16-24(21)33-26/h3-16,19-20,25,33H,17-18H2,1-2H3,(H2,32,40)(H,34,38)(H,36,37)/t25-,31?/m1/s1. The lowest BCUT2D eigenvalue weighted by Gasteiger charge is -2.46. The number of fused-ring (bicyclic) bond motifs is 1. The molecule has 0 saturated heterocycles. The third-order valence-corrected chi connectivity index (χ3v) is 7.04. The lowest BCUT2D eigenvalue weighted by atomic mass is 9.76. The number of carboxylic acid groups (broad SMARTS) is 1. The number of aromatic amines is 1. The number of hydrogen-bond donors (Lipinski definition) is 4. The Bertz CT molecular complexity index is 1480. The molecule has 0 fully saturated rings. The summed E-state index contributed by atoms with van der Waals surface area (Å²) in [5, 5.41) is 13.0. The van der Waals surface area contributed by atoms with Gasteiger partial charge in [-0.2, -0.15) is 0 Å². The smallest absolute Gasteiger partial charge is 0.303 e. The number of rotatable bonds is 11. The van der Waals surface area contributed by atoms with E-state index in [0.717, 1.165) is 10.9 Å². The highest BCUT2D eigenvalue weighted by Crippen LogP contribution is 2.40. The van der Waals surface area contributed by atoms with Crippen molar-refractivity contribution in [3.05, 3.63) is 102 Å². The SMILES string of the molecule is CC(C)C(C(N)=O)(c1ccccc1)N(C(=O)[C@@H](CCC(=O)O)NC(=O)c1cc2ccccc2[nH]1)c1ccccc1. The molecule has 3 aromatic carbocycles. The van der Waals surface area contributed by atoms with E-state index in [2.05, 4.69) is 10.3 Å². The molecule has 0 saturated carbocycles. The molecule has 40 heavy (non-hydrogen) atoms. The Labute approximate surface area is 232 Å². The number of hydrogen-bond acceptors (Lipinski definition) is 4. The molecular formula is C31H32N4O5. The summed E-state index contributed by atoms with van der Waals surface area (Å²) in [4.78, 5) is 57.2. The largest absolute Gasteiger partial charge is 0.481 e. The van der Waals surface area contributed by atoms with E-state index < -0.39 is 41.2 Å². The first kappa shape index (κ1) is 28.1. The highest BCUT2D eigenvalue weighted by Gasteiger charge is 2.51. The monoisotopic (exact) mass is 540 g/mol. The predicted molar refractivity (Wildman–Crippen MR) is 153 cm³/mol. The molecule has 0 aliphatic rings. The van der Waals surface area contributed by atoms with E-state index in [-0.39, 0.29) is 18.5 Å². The van der Waals surface area contributed by atoms with E-state index >= 15 is 0 Å². The van der Waals surface area contributed by atoms with Crippen LogP contribution in [0.1, 0.15) is 42.7 Å². The van der Waals surface area contributed by atoms with Gasteiger partial charge in [-0.3, -0.25) is 24.1 Å². The molecule has 1 unspecified atom stereocenters. The van der Waals surface area contributed by atoms with Crippen molar-refractivity contribution in [3.8, 4) is 0 Å². The Balaban J connectivity index is 1.83. The average Bonchev–Trinajstić information content (AvgIpc) is 3.38. The van der Waals surface area contributed by atoms with E-state index in [9.17, 15) is 24.3 Å². The third kappa shape index (κ3) is 5.44. The van der Waals surface area contributed by atoms with Crippen LogP contribution >= 0.6 is 0 Å². The number of aromatic nitrogens is 1. The molecule has 4 rings (SSSR count). The van der Waals surface area contributed by atoms with E-state index in [1.807, 2.05) is 24.3 Å². The van der Waals surface area contributed by atoms with Gasteiger partial charge in [0, 0.05) is 23.0 Å². The van der Waals surface area contributed by atoms with Gasteiger partial charge < -0.3 is 21.1 Å². The first-order valence-corrected chi connectivity index (χ1v) is 13.0. The normalized spacial score (nSPS) is 13.4. The Morgan fingerprint density at radius 2 is 1.52 bits per heavy atom. The summed E-state index contributed by atoms with van der Waals surface area (Å²) in [6.45, 7) is 3.58. The van der Waals surface area contributed by atoms with E-state index in [0.29, 0.717) is 11.3 Å². The number of nitrogens with one attached hydrogen (secondary N) is 2. The summed E-state index contributed by atoms with van der Waals surface area (Å²) in [6.07, 6.45) is -0.589. The molecule has 0 radical (unpaired) electrons. The lowest BCUT2D eigenvalue weighted by molar-refractivity contribution is -0.137. The van der Waals surface area contributed by atoms with Gasteiger partial charge in [0.15, 0.2) is 5.54 Å². The van der Waals surface area contributed by atoms with Crippen LogP contribution in [-0.4, -0.2) is 39.8 Å². The zero-order valence-corrected chi connectivity index (χ0v) is 22.3. The van der Waals surface area contributed by atoms with Gasteiger partial charge in [0.1, 0.15) is 11.7 Å². The number of aliphatic carboxylic acids is 1. The molecular weight excluding hydrogens is 508 g/mol.